The van der Waals surface area contributed by atoms with Crippen LogP contribution in [0, 0.1) is 5.92 Å². The van der Waals surface area contributed by atoms with Gasteiger partial charge in [-0.1, -0.05) is 0 Å². The number of hydrogen-bond acceptors (Lipinski definition) is 4. The molecule has 1 amide bonds. The van der Waals surface area contributed by atoms with E-state index in [4.69, 9.17) is 9.47 Å². The van der Waals surface area contributed by atoms with Crippen molar-refractivity contribution < 1.29 is 19.1 Å². The van der Waals surface area contributed by atoms with Gasteiger partial charge in [0.25, 0.3) is 0 Å². The summed E-state index contributed by atoms with van der Waals surface area (Å²) in [4.78, 5) is 24.5. The van der Waals surface area contributed by atoms with E-state index in [1.165, 1.54) is 0 Å². The fourth-order valence-corrected chi connectivity index (χ4v) is 2.74. The molecule has 2 rings (SSSR count). The summed E-state index contributed by atoms with van der Waals surface area (Å²) in [5.74, 6) is 0.0214. The van der Waals surface area contributed by atoms with Gasteiger partial charge in [-0.15, -0.1) is 0 Å². The smallest absolute Gasteiger partial charge is 0.410 e. The van der Waals surface area contributed by atoms with Crippen molar-refractivity contribution in [2.45, 2.75) is 51.2 Å². The van der Waals surface area contributed by atoms with E-state index in [1.807, 2.05) is 20.8 Å². The van der Waals surface area contributed by atoms with E-state index in [0.29, 0.717) is 19.7 Å². The maximum Gasteiger partial charge on any atom is 0.410 e. The van der Waals surface area contributed by atoms with E-state index in [-0.39, 0.29) is 17.6 Å². The first kappa shape index (κ1) is 14.3. The number of aldehydes is 1. The summed E-state index contributed by atoms with van der Waals surface area (Å²) in [6, 6.07) is 0. The van der Waals surface area contributed by atoms with E-state index in [9.17, 15) is 9.59 Å². The molecule has 5 nitrogen and oxygen atoms in total. The second kappa shape index (κ2) is 5.12. The minimum absolute atomic E-state index is 0.0214. The van der Waals surface area contributed by atoms with Crippen molar-refractivity contribution in [2.75, 3.05) is 19.7 Å². The number of likely N-dealkylation sites (tertiary alicyclic amines) is 1. The summed E-state index contributed by atoms with van der Waals surface area (Å²) in [6.07, 6.45) is 3.09. The van der Waals surface area contributed by atoms with E-state index in [1.54, 1.807) is 4.90 Å². The van der Waals surface area contributed by atoms with Gasteiger partial charge in [-0.05, 0) is 40.0 Å². The van der Waals surface area contributed by atoms with Gasteiger partial charge in [0.1, 0.15) is 11.9 Å². The van der Waals surface area contributed by atoms with Crippen molar-refractivity contribution in [1.82, 2.24) is 4.90 Å². The summed E-state index contributed by atoms with van der Waals surface area (Å²) in [5, 5.41) is 0. The number of hydrogen-bond donors (Lipinski definition) is 0. The predicted molar refractivity (Wildman–Crippen MR) is 69.9 cm³/mol. The Balaban J connectivity index is 1.86. The standard InChI is InChI=1S/C14H23NO4/c1-13(2,3)19-12(17)15-6-4-14(5-7-15)8-11(9-16)10-18-14/h9,11H,4-8,10H2,1-3H3. The lowest BCUT2D eigenvalue weighted by atomic mass is 9.86. The fraction of sp³-hybridized carbons (Fsp3) is 0.857. The number of amides is 1. The summed E-state index contributed by atoms with van der Waals surface area (Å²) < 4.78 is 11.2. The lowest BCUT2D eigenvalue weighted by Crippen LogP contribution is -2.47. The van der Waals surface area contributed by atoms with Crippen LogP contribution < -0.4 is 0 Å². The monoisotopic (exact) mass is 269 g/mol. The molecule has 0 aromatic heterocycles. The molecule has 0 aliphatic carbocycles. The molecule has 2 saturated heterocycles. The van der Waals surface area contributed by atoms with Crippen LogP contribution >= 0.6 is 0 Å². The number of piperidine rings is 1. The van der Waals surface area contributed by atoms with Crippen LogP contribution in [0.2, 0.25) is 0 Å². The van der Waals surface area contributed by atoms with Crippen molar-refractivity contribution in [3.05, 3.63) is 0 Å². The molecule has 1 unspecified atom stereocenters. The zero-order chi connectivity index (χ0) is 14.1. The van der Waals surface area contributed by atoms with Crippen LogP contribution in [-0.2, 0) is 14.3 Å². The Bertz CT molecular complexity index is 353. The normalized spacial score (nSPS) is 26.5. The number of nitrogens with zero attached hydrogens (tertiary/aromatic N) is 1. The summed E-state index contributed by atoms with van der Waals surface area (Å²) in [6.45, 7) is 7.40. The Kier molecular flexibility index (Phi) is 3.85. The van der Waals surface area contributed by atoms with Gasteiger partial charge in [-0.25, -0.2) is 4.79 Å². The Morgan fingerprint density at radius 2 is 2.00 bits per heavy atom. The highest BCUT2D eigenvalue weighted by molar-refractivity contribution is 5.68. The maximum atomic E-state index is 11.9. The molecule has 2 aliphatic rings. The molecule has 0 radical (unpaired) electrons. The third kappa shape index (κ3) is 3.47. The molecule has 108 valence electrons. The van der Waals surface area contributed by atoms with Gasteiger partial charge >= 0.3 is 6.09 Å². The highest BCUT2D eigenvalue weighted by atomic mass is 16.6. The molecule has 0 saturated carbocycles. The second-order valence-corrected chi connectivity index (χ2v) is 6.56. The van der Waals surface area contributed by atoms with Crippen LogP contribution in [0.4, 0.5) is 4.79 Å². The zero-order valence-electron chi connectivity index (χ0n) is 12.0. The highest BCUT2D eigenvalue weighted by Crippen LogP contribution is 2.38. The molecule has 0 bridgehead atoms. The van der Waals surface area contributed by atoms with Crippen molar-refractivity contribution in [1.29, 1.82) is 0 Å². The van der Waals surface area contributed by atoms with Crippen LogP contribution in [0.15, 0.2) is 0 Å². The first-order valence-electron chi connectivity index (χ1n) is 6.91. The molecular weight excluding hydrogens is 246 g/mol. The van der Waals surface area contributed by atoms with E-state index in [2.05, 4.69) is 0 Å². The summed E-state index contributed by atoms with van der Waals surface area (Å²) >= 11 is 0. The molecule has 19 heavy (non-hydrogen) atoms. The highest BCUT2D eigenvalue weighted by Gasteiger charge is 2.43. The number of carbonyl (C=O) groups excluding carboxylic acids is 2. The third-order valence-corrected chi connectivity index (χ3v) is 3.76. The van der Waals surface area contributed by atoms with Gasteiger partial charge in [-0.2, -0.15) is 0 Å². The van der Waals surface area contributed by atoms with Crippen LogP contribution in [0.5, 0.6) is 0 Å². The molecule has 0 aromatic rings. The largest absolute Gasteiger partial charge is 0.444 e. The van der Waals surface area contributed by atoms with Gasteiger partial charge in [-0.3, -0.25) is 0 Å². The van der Waals surface area contributed by atoms with Gasteiger partial charge in [0.2, 0.25) is 0 Å². The lowest BCUT2D eigenvalue weighted by molar-refractivity contribution is -0.111. The van der Waals surface area contributed by atoms with Gasteiger partial charge in [0, 0.05) is 19.0 Å². The predicted octanol–water partition coefficient (Wildman–Crippen LogP) is 1.99. The molecule has 5 heteroatoms. The molecule has 0 N–H and O–H groups in total. The molecule has 2 aliphatic heterocycles. The molecule has 2 fully saturated rings. The average molecular weight is 269 g/mol. The third-order valence-electron chi connectivity index (χ3n) is 3.76. The minimum Gasteiger partial charge on any atom is -0.444 e. The van der Waals surface area contributed by atoms with E-state index < -0.39 is 5.60 Å². The van der Waals surface area contributed by atoms with Crippen LogP contribution in [0.1, 0.15) is 40.0 Å². The van der Waals surface area contributed by atoms with Gasteiger partial charge in [0.15, 0.2) is 0 Å². The fourth-order valence-electron chi connectivity index (χ4n) is 2.74. The quantitative estimate of drug-likeness (QED) is 0.683. The van der Waals surface area contributed by atoms with Gasteiger partial charge < -0.3 is 19.2 Å². The van der Waals surface area contributed by atoms with Crippen LogP contribution in [-0.4, -0.2) is 48.2 Å². The van der Waals surface area contributed by atoms with Crippen LogP contribution in [0.25, 0.3) is 0 Å². The number of carbonyl (C=O) groups is 2. The molecule has 0 aromatic carbocycles. The Morgan fingerprint density at radius 1 is 1.37 bits per heavy atom. The Hall–Kier alpha value is -1.10. The Morgan fingerprint density at radius 3 is 2.47 bits per heavy atom. The first-order chi connectivity index (χ1) is 8.84. The SMILES string of the molecule is CC(C)(C)OC(=O)N1CCC2(CC1)CC(C=O)CO2. The van der Waals surface area contributed by atoms with Gasteiger partial charge in [0.05, 0.1) is 12.2 Å². The van der Waals surface area contributed by atoms with Crippen molar-refractivity contribution in [2.24, 2.45) is 5.92 Å². The lowest BCUT2D eigenvalue weighted by Gasteiger charge is -2.39. The Labute approximate surface area is 114 Å². The van der Waals surface area contributed by atoms with E-state index >= 15 is 0 Å². The average Bonchev–Trinajstić information content (AvgIpc) is 2.71. The van der Waals surface area contributed by atoms with Crippen molar-refractivity contribution >= 4 is 12.4 Å². The van der Waals surface area contributed by atoms with Crippen molar-refractivity contribution in [3.63, 3.8) is 0 Å². The molecule has 2 heterocycles. The number of ether oxygens (including phenoxy) is 2. The minimum atomic E-state index is -0.460. The van der Waals surface area contributed by atoms with Crippen LogP contribution in [0.3, 0.4) is 0 Å². The van der Waals surface area contributed by atoms with E-state index in [0.717, 1.165) is 25.5 Å². The second-order valence-electron chi connectivity index (χ2n) is 6.56. The molecule has 1 spiro atoms. The maximum absolute atomic E-state index is 11.9. The number of rotatable bonds is 1. The molecular formula is C14H23NO4. The summed E-state index contributed by atoms with van der Waals surface area (Å²) in [5.41, 5.74) is -0.650. The zero-order valence-corrected chi connectivity index (χ0v) is 12.0. The molecule has 1 atom stereocenters. The first-order valence-corrected chi connectivity index (χ1v) is 6.91. The van der Waals surface area contributed by atoms with Crippen molar-refractivity contribution in [3.8, 4) is 0 Å². The topological polar surface area (TPSA) is 55.8 Å². The summed E-state index contributed by atoms with van der Waals surface area (Å²) in [7, 11) is 0.